The second-order valence-electron chi connectivity index (χ2n) is 5.37. The number of ether oxygens (including phenoxy) is 2. The lowest BCUT2D eigenvalue weighted by molar-refractivity contribution is -0.0421. The van der Waals surface area contributed by atoms with Crippen molar-refractivity contribution in [2.75, 3.05) is 6.61 Å². The van der Waals surface area contributed by atoms with Crippen LogP contribution in [0.2, 0.25) is 0 Å². The van der Waals surface area contributed by atoms with Gasteiger partial charge in [0.25, 0.3) is 0 Å². The normalized spacial score (nSPS) is 13.7. The largest absolute Gasteiger partial charge is 0.392 e. The third kappa shape index (κ3) is 6.13. The van der Waals surface area contributed by atoms with Gasteiger partial charge in [0, 0.05) is 0 Å². The van der Waals surface area contributed by atoms with E-state index in [1.807, 2.05) is 66.7 Å². The predicted octanol–water partition coefficient (Wildman–Crippen LogP) is 3.89. The van der Waals surface area contributed by atoms with Crippen LogP contribution in [-0.4, -0.2) is 23.9 Å². The van der Waals surface area contributed by atoms with Crippen molar-refractivity contribution in [1.29, 1.82) is 0 Å². The summed E-state index contributed by atoms with van der Waals surface area (Å²) in [6, 6.07) is 19.9. The molecule has 0 saturated heterocycles. The molecule has 0 amide bonds. The van der Waals surface area contributed by atoms with E-state index in [2.05, 4.69) is 6.58 Å². The predicted molar refractivity (Wildman–Crippen MR) is 96.5 cm³/mol. The van der Waals surface area contributed by atoms with Crippen LogP contribution in [-0.2, 0) is 22.7 Å². The van der Waals surface area contributed by atoms with E-state index in [9.17, 15) is 0 Å². The lowest BCUT2D eigenvalue weighted by Crippen LogP contribution is -2.28. The summed E-state index contributed by atoms with van der Waals surface area (Å²) >= 11 is 0. The standard InChI is InChI=1S/C21H24O3/c1-2-20(23-16-18-10-5-3-6-11-18)21(14-9-15-22)24-17-19-12-7-4-8-13-19/h2-14,20-22H,1,15-17H2/b14-9-/t20-,21+/m0/s1. The summed E-state index contributed by atoms with van der Waals surface area (Å²) in [6.45, 7) is 4.78. The Labute approximate surface area is 143 Å². The maximum absolute atomic E-state index is 9.05. The molecule has 0 aliphatic carbocycles. The van der Waals surface area contributed by atoms with E-state index in [0.717, 1.165) is 11.1 Å². The van der Waals surface area contributed by atoms with Crippen LogP contribution in [0.3, 0.4) is 0 Å². The van der Waals surface area contributed by atoms with Crippen LogP contribution in [0.15, 0.2) is 85.5 Å². The molecule has 0 unspecified atom stereocenters. The van der Waals surface area contributed by atoms with Gasteiger partial charge in [-0.3, -0.25) is 0 Å². The van der Waals surface area contributed by atoms with E-state index < -0.39 is 0 Å². The molecule has 3 heteroatoms. The first-order chi connectivity index (χ1) is 11.8. The van der Waals surface area contributed by atoms with Crippen LogP contribution in [0, 0.1) is 0 Å². The van der Waals surface area contributed by atoms with Crippen molar-refractivity contribution in [2.45, 2.75) is 25.4 Å². The third-order valence-corrected chi connectivity index (χ3v) is 3.56. The number of benzene rings is 2. The van der Waals surface area contributed by atoms with Gasteiger partial charge in [-0.2, -0.15) is 0 Å². The van der Waals surface area contributed by atoms with Gasteiger partial charge in [0.05, 0.1) is 19.8 Å². The van der Waals surface area contributed by atoms with Gasteiger partial charge in [0.2, 0.25) is 0 Å². The number of hydrogen-bond acceptors (Lipinski definition) is 3. The molecule has 0 bridgehead atoms. The first-order valence-corrected chi connectivity index (χ1v) is 8.04. The third-order valence-electron chi connectivity index (χ3n) is 3.56. The Bertz CT molecular complexity index is 607. The monoisotopic (exact) mass is 324 g/mol. The summed E-state index contributed by atoms with van der Waals surface area (Å²) in [5.74, 6) is 0. The van der Waals surface area contributed by atoms with Crippen molar-refractivity contribution in [3.05, 3.63) is 96.6 Å². The fourth-order valence-corrected chi connectivity index (χ4v) is 2.29. The second kappa shape index (κ2) is 10.6. The zero-order valence-corrected chi connectivity index (χ0v) is 13.8. The second-order valence-corrected chi connectivity index (χ2v) is 5.37. The quantitative estimate of drug-likeness (QED) is 0.674. The Kier molecular flexibility index (Phi) is 7.98. The molecule has 2 aromatic carbocycles. The lowest BCUT2D eigenvalue weighted by atomic mass is 10.1. The molecule has 0 aliphatic heterocycles. The van der Waals surface area contributed by atoms with Crippen molar-refractivity contribution in [1.82, 2.24) is 0 Å². The zero-order chi connectivity index (χ0) is 17.0. The smallest absolute Gasteiger partial charge is 0.106 e. The summed E-state index contributed by atoms with van der Waals surface area (Å²) in [7, 11) is 0. The number of rotatable bonds is 10. The highest BCUT2D eigenvalue weighted by atomic mass is 16.5. The molecule has 24 heavy (non-hydrogen) atoms. The van der Waals surface area contributed by atoms with Crippen LogP contribution in [0.1, 0.15) is 11.1 Å². The van der Waals surface area contributed by atoms with Gasteiger partial charge in [-0.25, -0.2) is 0 Å². The molecule has 2 atom stereocenters. The van der Waals surface area contributed by atoms with Gasteiger partial charge in [-0.15, -0.1) is 6.58 Å². The van der Waals surface area contributed by atoms with Gasteiger partial charge in [-0.1, -0.05) is 78.9 Å². The topological polar surface area (TPSA) is 38.7 Å². The highest BCUT2D eigenvalue weighted by Crippen LogP contribution is 2.14. The van der Waals surface area contributed by atoms with Gasteiger partial charge in [-0.05, 0) is 11.1 Å². The van der Waals surface area contributed by atoms with E-state index in [4.69, 9.17) is 14.6 Å². The SMILES string of the molecule is C=C[C@H](OCc1ccccc1)[C@@H](/C=C\CO)OCc1ccccc1. The average Bonchev–Trinajstić information content (AvgIpc) is 2.65. The van der Waals surface area contributed by atoms with Crippen molar-refractivity contribution in [3.63, 3.8) is 0 Å². The average molecular weight is 324 g/mol. The molecule has 0 heterocycles. The summed E-state index contributed by atoms with van der Waals surface area (Å²) in [5.41, 5.74) is 2.18. The number of aliphatic hydroxyl groups is 1. The van der Waals surface area contributed by atoms with E-state index in [0.29, 0.717) is 13.2 Å². The zero-order valence-electron chi connectivity index (χ0n) is 13.8. The Balaban J connectivity index is 1.97. The molecular formula is C21H24O3. The number of hydrogen-bond donors (Lipinski definition) is 1. The molecule has 0 radical (unpaired) electrons. The first-order valence-electron chi connectivity index (χ1n) is 8.04. The fourth-order valence-electron chi connectivity index (χ4n) is 2.29. The molecule has 1 N–H and O–H groups in total. The highest BCUT2D eigenvalue weighted by Gasteiger charge is 2.17. The summed E-state index contributed by atoms with van der Waals surface area (Å²) in [6.07, 6.45) is 4.62. The summed E-state index contributed by atoms with van der Waals surface area (Å²) < 4.78 is 11.9. The molecule has 126 valence electrons. The van der Waals surface area contributed by atoms with Crippen molar-refractivity contribution < 1.29 is 14.6 Å². The molecule has 2 aromatic rings. The van der Waals surface area contributed by atoms with Gasteiger partial charge in [0.1, 0.15) is 12.2 Å². The van der Waals surface area contributed by atoms with Crippen LogP contribution < -0.4 is 0 Å². The number of aliphatic hydroxyl groups excluding tert-OH is 1. The Morgan fingerprint density at radius 1 is 0.833 bits per heavy atom. The first kappa shape index (κ1) is 18.1. The molecule has 0 fully saturated rings. The Morgan fingerprint density at radius 3 is 1.79 bits per heavy atom. The van der Waals surface area contributed by atoms with Crippen molar-refractivity contribution in [3.8, 4) is 0 Å². The van der Waals surface area contributed by atoms with Crippen LogP contribution in [0.4, 0.5) is 0 Å². The summed E-state index contributed by atoms with van der Waals surface area (Å²) in [5, 5.41) is 9.05. The summed E-state index contributed by atoms with van der Waals surface area (Å²) in [4.78, 5) is 0. The molecule has 2 rings (SSSR count). The van der Waals surface area contributed by atoms with Crippen LogP contribution in [0.5, 0.6) is 0 Å². The molecule has 0 spiro atoms. The Hall–Kier alpha value is -2.20. The van der Waals surface area contributed by atoms with E-state index in [-0.39, 0.29) is 18.8 Å². The van der Waals surface area contributed by atoms with E-state index in [1.165, 1.54) is 0 Å². The van der Waals surface area contributed by atoms with Crippen molar-refractivity contribution in [2.24, 2.45) is 0 Å². The minimum Gasteiger partial charge on any atom is -0.392 e. The van der Waals surface area contributed by atoms with E-state index >= 15 is 0 Å². The Morgan fingerprint density at radius 2 is 1.33 bits per heavy atom. The molecule has 0 aromatic heterocycles. The lowest BCUT2D eigenvalue weighted by Gasteiger charge is -2.23. The fraction of sp³-hybridized carbons (Fsp3) is 0.238. The maximum Gasteiger partial charge on any atom is 0.106 e. The maximum atomic E-state index is 9.05. The van der Waals surface area contributed by atoms with Gasteiger partial charge in [0.15, 0.2) is 0 Å². The molecule has 0 aliphatic rings. The van der Waals surface area contributed by atoms with Gasteiger partial charge >= 0.3 is 0 Å². The minimum atomic E-state index is -0.307. The molecule has 3 nitrogen and oxygen atoms in total. The highest BCUT2D eigenvalue weighted by molar-refractivity contribution is 5.15. The van der Waals surface area contributed by atoms with Crippen molar-refractivity contribution >= 4 is 0 Å². The van der Waals surface area contributed by atoms with Gasteiger partial charge < -0.3 is 14.6 Å². The van der Waals surface area contributed by atoms with E-state index in [1.54, 1.807) is 12.2 Å². The van der Waals surface area contributed by atoms with Crippen LogP contribution >= 0.6 is 0 Å². The molecular weight excluding hydrogens is 300 g/mol. The minimum absolute atomic E-state index is 0.0340. The molecule has 0 saturated carbocycles. The van der Waals surface area contributed by atoms with Crippen LogP contribution in [0.25, 0.3) is 0 Å².